The normalized spacial score (nSPS) is 9.80. The molecule has 15 heavy (non-hydrogen) atoms. The fraction of sp³-hybridized carbons (Fsp3) is 0.800. The summed E-state index contributed by atoms with van der Waals surface area (Å²) in [4.78, 5) is 0. The van der Waals surface area contributed by atoms with Crippen LogP contribution < -0.4 is 0 Å². The van der Waals surface area contributed by atoms with Crippen LogP contribution in [0.4, 0.5) is 0 Å². The van der Waals surface area contributed by atoms with Gasteiger partial charge in [-0.25, -0.2) is 0 Å². The minimum atomic E-state index is -0.264. The first kappa shape index (κ1) is 16.8. The first-order valence-electron chi connectivity index (χ1n) is 4.44. The van der Waals surface area contributed by atoms with E-state index in [1.807, 2.05) is 0 Å². The summed E-state index contributed by atoms with van der Waals surface area (Å²) in [6, 6.07) is 0. The lowest BCUT2D eigenvalue weighted by Gasteiger charge is -2.18. The summed E-state index contributed by atoms with van der Waals surface area (Å²) >= 11 is 0. The van der Waals surface area contributed by atoms with Gasteiger partial charge in [0.25, 0.3) is 0 Å². The predicted octanol–water partition coefficient (Wildman–Crippen LogP) is 1.39. The third-order valence-corrected chi connectivity index (χ3v) is 1.60. The summed E-state index contributed by atoms with van der Waals surface area (Å²) < 4.78 is 24.1. The number of hydrogen-bond acceptors (Lipinski definition) is 5. The Balaban J connectivity index is 0. The molecule has 0 unspecified atom stereocenters. The minimum absolute atomic E-state index is 0.264. The van der Waals surface area contributed by atoms with Gasteiger partial charge in [-0.1, -0.05) is 6.58 Å². The van der Waals surface area contributed by atoms with Gasteiger partial charge in [0.2, 0.25) is 0 Å². The highest BCUT2D eigenvalue weighted by molar-refractivity contribution is 4.47. The molecule has 92 valence electrons. The van der Waals surface area contributed by atoms with Gasteiger partial charge in [-0.3, -0.25) is 0 Å². The van der Waals surface area contributed by atoms with Gasteiger partial charge in [0.1, 0.15) is 0 Å². The van der Waals surface area contributed by atoms with Gasteiger partial charge in [-0.2, -0.15) is 0 Å². The zero-order chi connectivity index (χ0) is 12.1. The first-order chi connectivity index (χ1) is 7.19. The Morgan fingerprint density at radius 2 is 1.13 bits per heavy atom. The van der Waals surface area contributed by atoms with Crippen molar-refractivity contribution in [1.82, 2.24) is 0 Å². The smallest absolute Gasteiger partial charge is 0.161 e. The molecule has 0 radical (unpaired) electrons. The van der Waals surface area contributed by atoms with Crippen LogP contribution in [0.2, 0.25) is 0 Å². The monoisotopic (exact) mass is 222 g/mol. The Kier molecular flexibility index (Phi) is 15.0. The fourth-order valence-corrected chi connectivity index (χ4v) is 0.734. The number of methoxy groups -OCH3 is 5. The third-order valence-electron chi connectivity index (χ3n) is 1.60. The van der Waals surface area contributed by atoms with Gasteiger partial charge in [0.15, 0.2) is 12.6 Å². The Labute approximate surface area is 91.9 Å². The minimum Gasteiger partial charge on any atom is -0.505 e. The second-order valence-electron chi connectivity index (χ2n) is 2.44. The van der Waals surface area contributed by atoms with Gasteiger partial charge in [-0.15, -0.1) is 0 Å². The molecule has 0 aromatic heterocycles. The zero-order valence-electron chi connectivity index (χ0n) is 10.2. The van der Waals surface area contributed by atoms with E-state index < -0.39 is 0 Å². The quantitative estimate of drug-likeness (QED) is 0.481. The van der Waals surface area contributed by atoms with Gasteiger partial charge in [-0.05, 0) is 0 Å². The third kappa shape index (κ3) is 11.3. The summed E-state index contributed by atoms with van der Waals surface area (Å²) in [6.45, 7) is 3.26. The van der Waals surface area contributed by atoms with Crippen molar-refractivity contribution in [2.45, 2.75) is 19.0 Å². The molecule has 0 saturated carbocycles. The van der Waals surface area contributed by atoms with Crippen molar-refractivity contribution in [2.24, 2.45) is 0 Å². The van der Waals surface area contributed by atoms with Crippen molar-refractivity contribution < 1.29 is 23.7 Å². The Bertz CT molecular complexity index is 111. The molecule has 0 atom stereocenters. The van der Waals surface area contributed by atoms with E-state index in [1.54, 1.807) is 35.5 Å². The lowest BCUT2D eigenvalue weighted by Crippen LogP contribution is -2.24. The molecule has 0 spiro atoms. The molecule has 0 saturated heterocycles. The highest BCUT2D eigenvalue weighted by Gasteiger charge is 2.13. The summed E-state index contributed by atoms with van der Waals surface area (Å²) in [7, 11) is 7.88. The fourth-order valence-electron chi connectivity index (χ4n) is 0.734. The number of hydrogen-bond donors (Lipinski definition) is 0. The molecule has 5 heteroatoms. The molecule has 0 bridgehead atoms. The SMILES string of the molecule is C=COC.COC(CC(OC)OC)OC. The molecule has 5 nitrogen and oxygen atoms in total. The van der Waals surface area contributed by atoms with E-state index in [0.717, 1.165) is 0 Å². The van der Waals surface area contributed by atoms with E-state index in [-0.39, 0.29) is 12.6 Å². The standard InChI is InChI=1S/C7H16O4.C3H6O/c1-8-6(9-2)5-7(10-3)11-4;1-3-4-2/h6-7H,5H2,1-4H3;3H,1H2,2H3. The molecule has 0 fully saturated rings. The van der Waals surface area contributed by atoms with E-state index in [2.05, 4.69) is 11.3 Å². The van der Waals surface area contributed by atoms with E-state index in [4.69, 9.17) is 18.9 Å². The largest absolute Gasteiger partial charge is 0.505 e. The molecule has 0 aliphatic rings. The van der Waals surface area contributed by atoms with Gasteiger partial charge in [0.05, 0.1) is 13.4 Å². The average Bonchev–Trinajstić information content (AvgIpc) is 2.31. The molecule has 0 heterocycles. The van der Waals surface area contributed by atoms with Gasteiger partial charge < -0.3 is 23.7 Å². The van der Waals surface area contributed by atoms with Crippen LogP contribution in [-0.2, 0) is 23.7 Å². The Hall–Kier alpha value is -0.620. The maximum absolute atomic E-state index is 4.95. The molecular weight excluding hydrogens is 200 g/mol. The lowest BCUT2D eigenvalue weighted by molar-refractivity contribution is -0.178. The second-order valence-corrected chi connectivity index (χ2v) is 2.44. The van der Waals surface area contributed by atoms with Crippen molar-refractivity contribution in [3.63, 3.8) is 0 Å². The van der Waals surface area contributed by atoms with Crippen LogP contribution >= 0.6 is 0 Å². The molecule has 0 aromatic carbocycles. The van der Waals surface area contributed by atoms with E-state index in [1.165, 1.54) is 6.26 Å². The van der Waals surface area contributed by atoms with Crippen LogP contribution in [0.15, 0.2) is 12.8 Å². The molecule has 0 amide bonds. The van der Waals surface area contributed by atoms with E-state index in [0.29, 0.717) is 6.42 Å². The first-order valence-corrected chi connectivity index (χ1v) is 4.44. The highest BCUT2D eigenvalue weighted by Crippen LogP contribution is 2.05. The van der Waals surface area contributed by atoms with E-state index in [9.17, 15) is 0 Å². The van der Waals surface area contributed by atoms with E-state index >= 15 is 0 Å². The molecule has 0 aliphatic carbocycles. The average molecular weight is 222 g/mol. The maximum Gasteiger partial charge on any atom is 0.161 e. The second kappa shape index (κ2) is 13.4. The van der Waals surface area contributed by atoms with Crippen molar-refractivity contribution in [3.8, 4) is 0 Å². The summed E-state index contributed by atoms with van der Waals surface area (Å²) in [5, 5.41) is 0. The number of rotatable bonds is 7. The van der Waals surface area contributed by atoms with Crippen LogP contribution in [-0.4, -0.2) is 48.1 Å². The zero-order valence-corrected chi connectivity index (χ0v) is 10.2. The molecule has 0 aliphatic heterocycles. The van der Waals surface area contributed by atoms with Gasteiger partial charge in [0, 0.05) is 34.9 Å². The maximum atomic E-state index is 4.95. The van der Waals surface area contributed by atoms with Crippen molar-refractivity contribution >= 4 is 0 Å². The van der Waals surface area contributed by atoms with Crippen LogP contribution in [0.5, 0.6) is 0 Å². The van der Waals surface area contributed by atoms with Crippen LogP contribution in [0.25, 0.3) is 0 Å². The Morgan fingerprint density at radius 3 is 1.27 bits per heavy atom. The van der Waals surface area contributed by atoms with Crippen molar-refractivity contribution in [2.75, 3.05) is 35.5 Å². The van der Waals surface area contributed by atoms with Crippen LogP contribution in [0.3, 0.4) is 0 Å². The molecule has 0 rings (SSSR count). The molecule has 0 aromatic rings. The topological polar surface area (TPSA) is 46.2 Å². The molecule has 0 N–H and O–H groups in total. The summed E-state index contributed by atoms with van der Waals surface area (Å²) in [6.07, 6.45) is 1.42. The summed E-state index contributed by atoms with van der Waals surface area (Å²) in [5.41, 5.74) is 0. The highest BCUT2D eigenvalue weighted by atomic mass is 16.7. The van der Waals surface area contributed by atoms with Crippen molar-refractivity contribution in [1.29, 1.82) is 0 Å². The van der Waals surface area contributed by atoms with Crippen LogP contribution in [0, 0.1) is 0 Å². The predicted molar refractivity (Wildman–Crippen MR) is 57.4 cm³/mol. The molecular formula is C10H22O5. The number of ether oxygens (including phenoxy) is 5. The van der Waals surface area contributed by atoms with Gasteiger partial charge >= 0.3 is 0 Å². The van der Waals surface area contributed by atoms with Crippen molar-refractivity contribution in [3.05, 3.63) is 12.8 Å². The summed E-state index contributed by atoms with van der Waals surface area (Å²) in [5.74, 6) is 0. The lowest BCUT2D eigenvalue weighted by atomic mass is 10.4. The van der Waals surface area contributed by atoms with Crippen LogP contribution in [0.1, 0.15) is 6.42 Å². The Morgan fingerprint density at radius 1 is 0.867 bits per heavy atom.